The summed E-state index contributed by atoms with van der Waals surface area (Å²) < 4.78 is 1.86. The van der Waals surface area contributed by atoms with Crippen molar-refractivity contribution < 1.29 is 4.79 Å². The number of hydrogen-bond donors (Lipinski definition) is 2. The van der Waals surface area contributed by atoms with E-state index in [1.165, 1.54) is 11.3 Å². The van der Waals surface area contributed by atoms with Gasteiger partial charge in [-0.3, -0.25) is 4.79 Å². The SMILES string of the molecule is O=C(NC1C2CNCC21)c1cc(Br)sc1Br. The van der Waals surface area contributed by atoms with Crippen molar-refractivity contribution in [3.63, 3.8) is 0 Å². The van der Waals surface area contributed by atoms with Crippen molar-refractivity contribution in [1.29, 1.82) is 0 Å². The predicted octanol–water partition coefficient (Wildman–Crippen LogP) is 2.22. The number of amides is 1. The molecule has 1 aromatic rings. The fraction of sp³-hybridized carbons (Fsp3) is 0.500. The topological polar surface area (TPSA) is 41.1 Å². The summed E-state index contributed by atoms with van der Waals surface area (Å²) in [6.45, 7) is 2.09. The van der Waals surface area contributed by atoms with E-state index in [0.717, 1.165) is 26.2 Å². The summed E-state index contributed by atoms with van der Waals surface area (Å²) in [4.78, 5) is 12.0. The van der Waals surface area contributed by atoms with Crippen LogP contribution in [0.5, 0.6) is 0 Å². The van der Waals surface area contributed by atoms with Gasteiger partial charge in [-0.15, -0.1) is 11.3 Å². The molecule has 3 rings (SSSR count). The number of piperidine rings is 1. The van der Waals surface area contributed by atoms with Gasteiger partial charge in [0.15, 0.2) is 0 Å². The summed E-state index contributed by atoms with van der Waals surface area (Å²) in [5.74, 6) is 1.35. The molecule has 1 aromatic heterocycles. The van der Waals surface area contributed by atoms with Gasteiger partial charge in [0.05, 0.1) is 13.1 Å². The van der Waals surface area contributed by atoms with Gasteiger partial charge in [-0.1, -0.05) is 0 Å². The third-order valence-corrected chi connectivity index (χ3v) is 5.63. The summed E-state index contributed by atoms with van der Waals surface area (Å²) in [5, 5.41) is 6.42. The van der Waals surface area contributed by atoms with Crippen LogP contribution in [-0.4, -0.2) is 25.0 Å². The summed E-state index contributed by atoms with van der Waals surface area (Å²) >= 11 is 8.31. The van der Waals surface area contributed by atoms with E-state index in [-0.39, 0.29) is 5.91 Å². The van der Waals surface area contributed by atoms with Crippen molar-refractivity contribution in [2.75, 3.05) is 13.1 Å². The molecular weight excluding hydrogens is 356 g/mol. The molecule has 86 valence electrons. The van der Waals surface area contributed by atoms with Crippen molar-refractivity contribution in [1.82, 2.24) is 10.6 Å². The molecule has 2 heterocycles. The van der Waals surface area contributed by atoms with Crippen molar-refractivity contribution in [3.8, 4) is 0 Å². The van der Waals surface area contributed by atoms with Crippen LogP contribution in [0.1, 0.15) is 10.4 Å². The van der Waals surface area contributed by atoms with Crippen LogP contribution in [0.25, 0.3) is 0 Å². The second-order valence-corrected chi connectivity index (χ2v) is 7.97. The average molecular weight is 366 g/mol. The Morgan fingerprint density at radius 1 is 1.44 bits per heavy atom. The van der Waals surface area contributed by atoms with Crippen LogP contribution < -0.4 is 10.6 Å². The molecule has 6 heteroatoms. The van der Waals surface area contributed by atoms with E-state index in [4.69, 9.17) is 0 Å². The van der Waals surface area contributed by atoms with Crippen LogP contribution in [0.2, 0.25) is 0 Å². The number of halogens is 2. The average Bonchev–Trinajstić information content (AvgIpc) is 2.66. The van der Waals surface area contributed by atoms with Gasteiger partial charge in [-0.25, -0.2) is 0 Å². The van der Waals surface area contributed by atoms with Crippen molar-refractivity contribution in [3.05, 3.63) is 19.2 Å². The molecule has 2 aliphatic rings. The van der Waals surface area contributed by atoms with Crippen LogP contribution in [0.4, 0.5) is 0 Å². The Balaban J connectivity index is 1.68. The second kappa shape index (κ2) is 4.08. The minimum Gasteiger partial charge on any atom is -0.349 e. The number of thiophene rings is 1. The van der Waals surface area contributed by atoms with Gasteiger partial charge in [0.1, 0.15) is 0 Å². The third kappa shape index (κ3) is 1.85. The lowest BCUT2D eigenvalue weighted by molar-refractivity contribution is 0.0946. The maximum absolute atomic E-state index is 12.0. The highest BCUT2D eigenvalue weighted by Gasteiger charge is 2.53. The van der Waals surface area contributed by atoms with Crippen LogP contribution in [-0.2, 0) is 0 Å². The fourth-order valence-corrected chi connectivity index (χ4v) is 5.15. The molecule has 0 spiro atoms. The van der Waals surface area contributed by atoms with E-state index in [1.807, 2.05) is 6.07 Å². The first-order chi connectivity index (χ1) is 7.66. The lowest BCUT2D eigenvalue weighted by atomic mass is 10.3. The lowest BCUT2D eigenvalue weighted by Crippen LogP contribution is -2.32. The highest BCUT2D eigenvalue weighted by molar-refractivity contribution is 9.12. The Hall–Kier alpha value is 0.0900. The zero-order valence-corrected chi connectivity index (χ0v) is 12.3. The first-order valence-corrected chi connectivity index (χ1v) is 7.53. The van der Waals surface area contributed by atoms with Crippen molar-refractivity contribution in [2.24, 2.45) is 11.8 Å². The fourth-order valence-electron chi connectivity index (χ4n) is 2.36. The Labute approximate surface area is 114 Å². The Bertz CT molecular complexity index is 438. The minimum absolute atomic E-state index is 0.0354. The molecule has 16 heavy (non-hydrogen) atoms. The number of fused-ring (bicyclic) bond motifs is 1. The first-order valence-electron chi connectivity index (χ1n) is 5.13. The molecule has 0 radical (unpaired) electrons. The zero-order chi connectivity index (χ0) is 11.3. The number of nitrogens with one attached hydrogen (secondary N) is 2. The van der Waals surface area contributed by atoms with Gasteiger partial charge < -0.3 is 10.6 Å². The largest absolute Gasteiger partial charge is 0.349 e. The highest BCUT2D eigenvalue weighted by atomic mass is 79.9. The van der Waals surface area contributed by atoms with E-state index < -0.39 is 0 Å². The third-order valence-electron chi connectivity index (χ3n) is 3.29. The second-order valence-electron chi connectivity index (χ2n) is 4.22. The molecule has 2 N–H and O–H groups in total. The molecule has 1 amide bonds. The van der Waals surface area contributed by atoms with Gasteiger partial charge in [0.2, 0.25) is 0 Å². The van der Waals surface area contributed by atoms with Crippen LogP contribution in [0.15, 0.2) is 13.6 Å². The smallest absolute Gasteiger partial charge is 0.253 e. The molecule has 0 bridgehead atoms. The molecule has 2 fully saturated rings. The molecular formula is C10H10Br2N2OS. The van der Waals surface area contributed by atoms with Gasteiger partial charge in [0, 0.05) is 19.1 Å². The lowest BCUT2D eigenvalue weighted by Gasteiger charge is -2.06. The molecule has 1 aliphatic heterocycles. The van der Waals surface area contributed by atoms with Crippen LogP contribution in [0, 0.1) is 11.8 Å². The van der Waals surface area contributed by atoms with Gasteiger partial charge in [-0.2, -0.15) is 0 Å². The maximum atomic E-state index is 12.0. The number of carbonyl (C=O) groups excluding carboxylic acids is 1. The van der Waals surface area contributed by atoms with E-state index in [1.54, 1.807) is 0 Å². The number of carbonyl (C=O) groups is 1. The summed E-state index contributed by atoms with van der Waals surface area (Å²) in [5.41, 5.74) is 0.731. The molecule has 1 aliphatic carbocycles. The number of rotatable bonds is 2. The van der Waals surface area contributed by atoms with E-state index in [2.05, 4.69) is 42.5 Å². The highest BCUT2D eigenvalue weighted by Crippen LogP contribution is 2.42. The Kier molecular flexibility index (Phi) is 2.86. The van der Waals surface area contributed by atoms with Gasteiger partial charge >= 0.3 is 0 Å². The standard InChI is InChI=1S/C10H10Br2N2OS/c11-7-1-4(9(12)16-7)10(15)14-8-5-2-13-3-6(5)8/h1,5-6,8,13H,2-3H2,(H,14,15). The van der Waals surface area contributed by atoms with Crippen LogP contribution >= 0.6 is 43.2 Å². The number of hydrogen-bond acceptors (Lipinski definition) is 3. The van der Waals surface area contributed by atoms with E-state index in [9.17, 15) is 4.79 Å². The molecule has 1 saturated heterocycles. The van der Waals surface area contributed by atoms with Gasteiger partial charge in [0.25, 0.3) is 5.91 Å². The predicted molar refractivity (Wildman–Crippen MR) is 70.8 cm³/mol. The first kappa shape index (κ1) is 11.2. The summed E-state index contributed by atoms with van der Waals surface area (Å²) in [6, 6.07) is 2.25. The molecule has 2 unspecified atom stereocenters. The van der Waals surface area contributed by atoms with Crippen LogP contribution in [0.3, 0.4) is 0 Å². The van der Waals surface area contributed by atoms with Crippen molar-refractivity contribution in [2.45, 2.75) is 6.04 Å². The summed E-state index contributed by atoms with van der Waals surface area (Å²) in [7, 11) is 0. The minimum atomic E-state index is 0.0354. The van der Waals surface area contributed by atoms with E-state index in [0.29, 0.717) is 17.9 Å². The Morgan fingerprint density at radius 3 is 2.69 bits per heavy atom. The summed E-state index contributed by atoms with van der Waals surface area (Å²) in [6.07, 6.45) is 0. The molecule has 0 aromatic carbocycles. The van der Waals surface area contributed by atoms with Gasteiger partial charge in [-0.05, 0) is 49.8 Å². The molecule has 3 nitrogen and oxygen atoms in total. The molecule has 2 atom stereocenters. The maximum Gasteiger partial charge on any atom is 0.253 e. The normalized spacial score (nSPS) is 31.2. The monoisotopic (exact) mass is 364 g/mol. The quantitative estimate of drug-likeness (QED) is 0.843. The zero-order valence-electron chi connectivity index (χ0n) is 8.30. The Morgan fingerprint density at radius 2 is 2.12 bits per heavy atom. The van der Waals surface area contributed by atoms with E-state index >= 15 is 0 Å². The van der Waals surface area contributed by atoms with Crippen molar-refractivity contribution >= 4 is 49.1 Å². The molecule has 1 saturated carbocycles.